The Labute approximate surface area is 193 Å². The molecule has 0 saturated carbocycles. The number of alkyl halides is 1. The van der Waals surface area contributed by atoms with Crippen LogP contribution in [0.5, 0.6) is 5.75 Å². The molecule has 2 unspecified atom stereocenters. The smallest absolute Gasteiger partial charge is 0.119 e. The molecule has 0 amide bonds. The summed E-state index contributed by atoms with van der Waals surface area (Å²) < 4.78 is 6.01. The molecule has 0 aliphatic carbocycles. The summed E-state index contributed by atoms with van der Waals surface area (Å²) in [6.45, 7) is 7.36. The average molecular weight is 437 g/mol. The van der Waals surface area contributed by atoms with Gasteiger partial charge in [-0.3, -0.25) is 0 Å². The highest BCUT2D eigenvalue weighted by Gasteiger charge is 2.14. The van der Waals surface area contributed by atoms with E-state index in [0.29, 0.717) is 12.5 Å². The van der Waals surface area contributed by atoms with E-state index in [4.69, 9.17) is 16.3 Å². The maximum Gasteiger partial charge on any atom is 0.119 e. The summed E-state index contributed by atoms with van der Waals surface area (Å²) in [5.74, 6) is 1.38. The van der Waals surface area contributed by atoms with Crippen LogP contribution >= 0.6 is 11.6 Å². The quantitative estimate of drug-likeness (QED) is 0.146. The minimum absolute atomic E-state index is 0.212. The van der Waals surface area contributed by atoms with Crippen LogP contribution in [0.3, 0.4) is 0 Å². The SMILES string of the molecule is CCCCCCCCCCCCCCCc1cccc(OCC(C)C(Cl)CCC)c1. The molecular weight excluding hydrogens is 388 g/mol. The lowest BCUT2D eigenvalue weighted by Crippen LogP contribution is -2.19. The first kappa shape index (κ1) is 27.3. The van der Waals surface area contributed by atoms with E-state index < -0.39 is 0 Å². The van der Waals surface area contributed by atoms with Crippen LogP contribution in [0.4, 0.5) is 0 Å². The number of ether oxygens (including phenoxy) is 1. The summed E-state index contributed by atoms with van der Waals surface area (Å²) in [6, 6.07) is 8.65. The Kier molecular flexibility index (Phi) is 17.3. The second kappa shape index (κ2) is 19.0. The van der Waals surface area contributed by atoms with Crippen molar-refractivity contribution in [3.63, 3.8) is 0 Å². The summed E-state index contributed by atoms with van der Waals surface area (Å²) >= 11 is 6.42. The van der Waals surface area contributed by atoms with Crippen molar-refractivity contribution in [3.8, 4) is 5.75 Å². The van der Waals surface area contributed by atoms with Crippen molar-refractivity contribution < 1.29 is 4.74 Å². The van der Waals surface area contributed by atoms with Crippen molar-refractivity contribution in [2.45, 2.75) is 129 Å². The highest BCUT2D eigenvalue weighted by atomic mass is 35.5. The average Bonchev–Trinajstić information content (AvgIpc) is 2.75. The maximum absolute atomic E-state index is 6.42. The molecule has 0 fully saturated rings. The molecule has 0 saturated heterocycles. The van der Waals surface area contributed by atoms with Gasteiger partial charge in [0.1, 0.15) is 5.75 Å². The molecule has 0 spiro atoms. The van der Waals surface area contributed by atoms with Gasteiger partial charge in [0, 0.05) is 11.3 Å². The van der Waals surface area contributed by atoms with Crippen LogP contribution in [-0.4, -0.2) is 12.0 Å². The van der Waals surface area contributed by atoms with E-state index in [1.54, 1.807) is 0 Å². The molecule has 1 rings (SSSR count). The van der Waals surface area contributed by atoms with Gasteiger partial charge in [-0.15, -0.1) is 11.6 Å². The van der Waals surface area contributed by atoms with E-state index in [0.717, 1.165) is 18.6 Å². The predicted molar refractivity (Wildman–Crippen MR) is 135 cm³/mol. The first-order valence-corrected chi connectivity index (χ1v) is 13.5. The molecule has 174 valence electrons. The van der Waals surface area contributed by atoms with Crippen molar-refractivity contribution in [2.24, 2.45) is 5.92 Å². The Morgan fingerprint density at radius 1 is 0.767 bits per heavy atom. The highest BCUT2D eigenvalue weighted by Crippen LogP contribution is 2.20. The van der Waals surface area contributed by atoms with E-state index in [1.807, 2.05) is 0 Å². The van der Waals surface area contributed by atoms with Crippen LogP contribution < -0.4 is 4.74 Å². The van der Waals surface area contributed by atoms with Crippen LogP contribution in [0.1, 0.15) is 123 Å². The number of rotatable bonds is 20. The lowest BCUT2D eigenvalue weighted by molar-refractivity contribution is 0.252. The van der Waals surface area contributed by atoms with Gasteiger partial charge in [-0.25, -0.2) is 0 Å². The monoisotopic (exact) mass is 436 g/mol. The fraction of sp³-hybridized carbons (Fsp3) is 0.786. The molecule has 2 heteroatoms. The molecule has 0 N–H and O–H groups in total. The summed E-state index contributed by atoms with van der Waals surface area (Å²) in [5, 5.41) is 0.212. The molecule has 0 heterocycles. The summed E-state index contributed by atoms with van der Waals surface area (Å²) in [7, 11) is 0. The standard InChI is InChI=1S/C28H49ClO/c1-4-6-7-8-9-10-11-12-13-14-15-16-17-20-26-21-18-22-27(23-26)30-24-25(3)28(29)19-5-2/h18,21-23,25,28H,4-17,19-20,24H2,1-3H3. The van der Waals surface area contributed by atoms with Gasteiger partial charge >= 0.3 is 0 Å². The Balaban J connectivity index is 2.04. The fourth-order valence-electron chi connectivity index (χ4n) is 4.03. The van der Waals surface area contributed by atoms with E-state index in [9.17, 15) is 0 Å². The van der Waals surface area contributed by atoms with Gasteiger partial charge in [0.2, 0.25) is 0 Å². The Morgan fingerprint density at radius 3 is 1.90 bits per heavy atom. The van der Waals surface area contributed by atoms with Crippen molar-refractivity contribution >= 4 is 11.6 Å². The zero-order chi connectivity index (χ0) is 21.9. The maximum atomic E-state index is 6.42. The minimum Gasteiger partial charge on any atom is -0.493 e. The fourth-order valence-corrected chi connectivity index (χ4v) is 4.32. The van der Waals surface area contributed by atoms with Crippen LogP contribution in [0, 0.1) is 5.92 Å². The van der Waals surface area contributed by atoms with E-state index >= 15 is 0 Å². The van der Waals surface area contributed by atoms with Crippen molar-refractivity contribution in [2.75, 3.05) is 6.61 Å². The summed E-state index contributed by atoms with van der Waals surface area (Å²) in [5.41, 5.74) is 1.40. The number of hydrogen-bond donors (Lipinski definition) is 0. The van der Waals surface area contributed by atoms with E-state index in [-0.39, 0.29) is 5.38 Å². The molecule has 2 atom stereocenters. The van der Waals surface area contributed by atoms with Gasteiger partial charge in [0.15, 0.2) is 0 Å². The lowest BCUT2D eigenvalue weighted by Gasteiger charge is -2.18. The van der Waals surface area contributed by atoms with E-state index in [1.165, 1.54) is 95.5 Å². The van der Waals surface area contributed by atoms with Crippen LogP contribution in [0.2, 0.25) is 0 Å². The lowest BCUT2D eigenvalue weighted by atomic mass is 10.0. The van der Waals surface area contributed by atoms with Crippen LogP contribution in [0.15, 0.2) is 24.3 Å². The van der Waals surface area contributed by atoms with Crippen molar-refractivity contribution in [3.05, 3.63) is 29.8 Å². The number of aryl methyl sites for hydroxylation is 1. The molecule has 1 aromatic rings. The molecule has 0 bridgehead atoms. The zero-order valence-corrected chi connectivity index (χ0v) is 21.0. The molecule has 0 aliphatic rings. The molecule has 0 aliphatic heterocycles. The number of hydrogen-bond acceptors (Lipinski definition) is 1. The number of halogens is 1. The van der Waals surface area contributed by atoms with Crippen LogP contribution in [0.25, 0.3) is 0 Å². The van der Waals surface area contributed by atoms with Gasteiger partial charge < -0.3 is 4.74 Å². The van der Waals surface area contributed by atoms with Crippen molar-refractivity contribution in [1.29, 1.82) is 0 Å². The number of benzene rings is 1. The summed E-state index contributed by atoms with van der Waals surface area (Å²) in [6.07, 6.45) is 21.7. The van der Waals surface area contributed by atoms with Crippen LogP contribution in [-0.2, 0) is 6.42 Å². The van der Waals surface area contributed by atoms with E-state index in [2.05, 4.69) is 45.0 Å². The van der Waals surface area contributed by atoms with Gasteiger partial charge in [-0.05, 0) is 37.0 Å². The topological polar surface area (TPSA) is 9.23 Å². The van der Waals surface area contributed by atoms with Gasteiger partial charge in [-0.2, -0.15) is 0 Å². The molecule has 0 aromatic heterocycles. The van der Waals surface area contributed by atoms with Crippen molar-refractivity contribution in [1.82, 2.24) is 0 Å². The molecule has 1 nitrogen and oxygen atoms in total. The normalized spacial score (nSPS) is 13.3. The molecule has 0 radical (unpaired) electrons. The third-order valence-corrected chi connectivity index (χ3v) is 6.81. The molecule has 1 aromatic carbocycles. The van der Waals surface area contributed by atoms with Gasteiger partial charge in [0.05, 0.1) is 6.61 Å². The third kappa shape index (κ3) is 14.3. The second-order valence-electron chi connectivity index (χ2n) is 9.23. The Morgan fingerprint density at radius 2 is 1.33 bits per heavy atom. The first-order valence-electron chi connectivity index (χ1n) is 13.0. The van der Waals surface area contributed by atoms with Gasteiger partial charge in [-0.1, -0.05) is 116 Å². The molecular formula is C28H49ClO. The third-order valence-electron chi connectivity index (χ3n) is 6.16. The predicted octanol–water partition coefficient (Wildman–Crippen LogP) is 9.74. The Hall–Kier alpha value is -0.690. The largest absolute Gasteiger partial charge is 0.493 e. The first-order chi connectivity index (χ1) is 14.7. The second-order valence-corrected chi connectivity index (χ2v) is 9.79. The zero-order valence-electron chi connectivity index (χ0n) is 20.3. The Bertz CT molecular complexity index is 501. The minimum atomic E-state index is 0.212. The van der Waals surface area contributed by atoms with Gasteiger partial charge in [0.25, 0.3) is 0 Å². The number of unbranched alkanes of at least 4 members (excludes halogenated alkanes) is 12. The highest BCUT2D eigenvalue weighted by molar-refractivity contribution is 6.20. The summed E-state index contributed by atoms with van der Waals surface area (Å²) in [4.78, 5) is 0. The molecule has 30 heavy (non-hydrogen) atoms.